The van der Waals surface area contributed by atoms with Crippen LogP contribution in [0.5, 0.6) is 23.0 Å². The van der Waals surface area contributed by atoms with Gasteiger partial charge >= 0.3 is 23.9 Å². The Bertz CT molecular complexity index is 2530. The van der Waals surface area contributed by atoms with Gasteiger partial charge in [0.15, 0.2) is 0 Å². The van der Waals surface area contributed by atoms with E-state index in [9.17, 15) is 23.6 Å². The molecule has 0 N–H and O–H groups in total. The van der Waals surface area contributed by atoms with Crippen molar-refractivity contribution >= 4 is 23.9 Å². The zero-order chi connectivity index (χ0) is 56.4. The summed E-state index contributed by atoms with van der Waals surface area (Å²) >= 11 is 0. The van der Waals surface area contributed by atoms with E-state index in [-0.39, 0.29) is 34.7 Å². The second-order valence-corrected chi connectivity index (χ2v) is 21.2. The van der Waals surface area contributed by atoms with E-state index in [0.29, 0.717) is 49.1 Å². The molecule has 432 valence electrons. The van der Waals surface area contributed by atoms with Gasteiger partial charge in [-0.25, -0.2) is 23.6 Å². The minimum absolute atomic E-state index is 0.181. The van der Waals surface area contributed by atoms with Gasteiger partial charge in [0.05, 0.1) is 41.6 Å². The Hall–Kier alpha value is -6.53. The largest absolute Gasteiger partial charge is 0.494 e. The summed E-state index contributed by atoms with van der Waals surface area (Å²) in [5.74, 6) is -0.783. The van der Waals surface area contributed by atoms with Crippen LogP contribution in [0.3, 0.4) is 0 Å². The van der Waals surface area contributed by atoms with Gasteiger partial charge in [0.1, 0.15) is 47.6 Å². The predicted octanol–water partition coefficient (Wildman–Crippen LogP) is 17.7. The van der Waals surface area contributed by atoms with Gasteiger partial charge in [0.2, 0.25) is 0 Å². The number of hydrogen-bond acceptors (Lipinski definition) is 11. The fraction of sp³-hybridized carbons (Fsp3) is 0.500. The number of benzene rings is 5. The van der Waals surface area contributed by atoms with Crippen LogP contribution < -0.4 is 18.9 Å². The molecule has 5 aromatic carbocycles. The van der Waals surface area contributed by atoms with Gasteiger partial charge in [-0.15, -0.1) is 0 Å². The van der Waals surface area contributed by atoms with Crippen LogP contribution in [0.25, 0.3) is 0 Å². The minimum atomic E-state index is -0.882. The molecule has 0 saturated carbocycles. The number of halogens is 1. The second kappa shape index (κ2) is 36.7. The molecule has 0 bridgehead atoms. The van der Waals surface area contributed by atoms with Crippen molar-refractivity contribution < 1.29 is 56.7 Å². The van der Waals surface area contributed by atoms with Crippen LogP contribution >= 0.6 is 0 Å². The van der Waals surface area contributed by atoms with Crippen molar-refractivity contribution in [1.82, 2.24) is 0 Å². The van der Waals surface area contributed by atoms with E-state index in [4.69, 9.17) is 33.2 Å². The minimum Gasteiger partial charge on any atom is -0.494 e. The smallest absolute Gasteiger partial charge is 0.343 e. The highest BCUT2D eigenvalue weighted by molar-refractivity contribution is 5.95. The molecule has 12 heteroatoms. The Kier molecular flexibility index (Phi) is 28.7. The molecule has 0 amide bonds. The summed E-state index contributed by atoms with van der Waals surface area (Å²) in [6.45, 7) is 5.51. The van der Waals surface area contributed by atoms with Crippen molar-refractivity contribution in [2.24, 2.45) is 0 Å². The molecule has 0 spiro atoms. The molecule has 1 fully saturated rings. The van der Waals surface area contributed by atoms with Gasteiger partial charge in [-0.2, -0.15) is 0 Å². The number of rotatable bonds is 38. The van der Waals surface area contributed by atoms with Gasteiger partial charge in [-0.05, 0) is 140 Å². The van der Waals surface area contributed by atoms with Crippen LogP contribution in [-0.2, 0) is 14.2 Å². The van der Waals surface area contributed by atoms with Gasteiger partial charge in [-0.3, -0.25) is 0 Å². The highest BCUT2D eigenvalue weighted by Crippen LogP contribution is 2.34. The van der Waals surface area contributed by atoms with Crippen molar-refractivity contribution in [3.8, 4) is 23.0 Å². The Morgan fingerprint density at radius 2 is 0.762 bits per heavy atom. The van der Waals surface area contributed by atoms with Crippen molar-refractivity contribution in [2.75, 3.05) is 19.8 Å². The van der Waals surface area contributed by atoms with Crippen LogP contribution in [0, 0.1) is 5.82 Å². The maximum atomic E-state index is 13.8. The van der Waals surface area contributed by atoms with Gasteiger partial charge in [0, 0.05) is 0 Å². The van der Waals surface area contributed by atoms with Crippen molar-refractivity contribution in [1.29, 1.82) is 0 Å². The Labute approximate surface area is 475 Å². The Morgan fingerprint density at radius 3 is 1.16 bits per heavy atom. The zero-order valence-corrected chi connectivity index (χ0v) is 47.7. The average Bonchev–Trinajstić information content (AvgIpc) is 3.51. The summed E-state index contributed by atoms with van der Waals surface area (Å²) in [4.78, 5) is 53.1. The third kappa shape index (κ3) is 23.3. The van der Waals surface area contributed by atoms with E-state index < -0.39 is 42.2 Å². The summed E-state index contributed by atoms with van der Waals surface area (Å²) in [7, 11) is 0. The topological polar surface area (TPSA) is 133 Å². The van der Waals surface area contributed by atoms with Crippen LogP contribution in [0.1, 0.15) is 234 Å². The summed E-state index contributed by atoms with van der Waals surface area (Å²) in [5.41, 5.74) is 1.57. The highest BCUT2D eigenvalue weighted by Gasteiger charge is 2.36. The van der Waals surface area contributed by atoms with E-state index in [1.807, 2.05) is 0 Å². The number of carbonyl (C=O) groups excluding carboxylic acids is 4. The molecule has 0 unspecified atom stereocenters. The summed E-state index contributed by atoms with van der Waals surface area (Å²) in [6, 6.07) is 31.7. The van der Waals surface area contributed by atoms with E-state index in [1.165, 1.54) is 189 Å². The first-order valence-electron chi connectivity index (χ1n) is 30.1. The predicted molar refractivity (Wildman–Crippen MR) is 312 cm³/mol. The maximum Gasteiger partial charge on any atom is 0.343 e. The lowest BCUT2D eigenvalue weighted by Gasteiger charge is -2.36. The van der Waals surface area contributed by atoms with E-state index >= 15 is 0 Å². The fourth-order valence-corrected chi connectivity index (χ4v) is 9.81. The normalized spacial score (nSPS) is 15.0. The number of unbranched alkanes of at least 4 members (excludes halogenated alkanes) is 22. The summed E-state index contributed by atoms with van der Waals surface area (Å²) in [6.07, 6.45) is 29.4. The molecule has 3 atom stereocenters. The highest BCUT2D eigenvalue weighted by atomic mass is 19.1. The lowest BCUT2D eigenvalue weighted by atomic mass is 9.96. The molecule has 0 aromatic heterocycles. The second-order valence-electron chi connectivity index (χ2n) is 21.2. The Morgan fingerprint density at radius 1 is 0.412 bits per heavy atom. The summed E-state index contributed by atoms with van der Waals surface area (Å²) in [5, 5.41) is 0. The molecular formula is C68H87FO11. The van der Waals surface area contributed by atoms with E-state index in [1.54, 1.807) is 60.7 Å². The quantitative estimate of drug-likeness (QED) is 0.0212. The number of esters is 4. The first kappa shape index (κ1) is 62.7. The third-order valence-electron chi connectivity index (χ3n) is 14.7. The lowest BCUT2D eigenvalue weighted by Crippen LogP contribution is -2.42. The fourth-order valence-electron chi connectivity index (χ4n) is 9.81. The molecule has 1 heterocycles. The number of ether oxygens (including phenoxy) is 7. The first-order chi connectivity index (χ1) is 39.2. The van der Waals surface area contributed by atoms with Crippen LogP contribution in [-0.4, -0.2) is 55.9 Å². The molecule has 0 radical (unpaired) electrons. The standard InChI is InChI=1S/C68H87FO11/c1-3-5-7-9-11-13-15-17-19-21-23-25-49-74-58-39-43-60(44-40-58)77-66(71)54-29-27-53(28-30-54)65(70)76-51-64-63(48-47-62(79-64)52-35-37-57(69)38-36-52)80-68(73)56-33-31-55(32-34-56)67(72)78-61-45-41-59(42-46-61)75-50-26-24-22-20-18-16-14-12-10-8-6-4-2/h27-46,62-64H,3-26,47-51H2,1-2H3/t62-,63+,64-/m1/s1. The van der Waals surface area contributed by atoms with Crippen LogP contribution in [0.4, 0.5) is 4.39 Å². The molecule has 6 rings (SSSR count). The number of hydrogen-bond donors (Lipinski definition) is 0. The van der Waals surface area contributed by atoms with Crippen molar-refractivity contribution in [3.05, 3.63) is 155 Å². The molecular weight excluding hydrogens is 1010 g/mol. The zero-order valence-electron chi connectivity index (χ0n) is 47.7. The monoisotopic (exact) mass is 1100 g/mol. The van der Waals surface area contributed by atoms with Crippen LogP contribution in [0.2, 0.25) is 0 Å². The molecule has 1 aliphatic heterocycles. The summed E-state index contributed by atoms with van der Waals surface area (Å²) < 4.78 is 54.9. The maximum absolute atomic E-state index is 13.8. The molecule has 0 aliphatic carbocycles. The molecule has 1 saturated heterocycles. The lowest BCUT2D eigenvalue weighted by molar-refractivity contribution is -0.140. The molecule has 11 nitrogen and oxygen atoms in total. The first-order valence-corrected chi connectivity index (χ1v) is 30.1. The molecule has 80 heavy (non-hydrogen) atoms. The number of carbonyl (C=O) groups is 4. The van der Waals surface area contributed by atoms with E-state index in [2.05, 4.69) is 13.8 Å². The molecule has 5 aromatic rings. The SMILES string of the molecule is CCCCCCCCCCCCCCOc1ccc(OC(=O)c2ccc(C(=O)OC[C@H]3O[C@@H](c4ccc(F)cc4)CC[C@@H]3OC(=O)c3ccc(C(=O)Oc4ccc(OCCCCCCCCCCCCCC)cc4)cc3)cc2)cc1. The Balaban J connectivity index is 0.907. The van der Waals surface area contributed by atoms with Crippen LogP contribution in [0.15, 0.2) is 121 Å². The van der Waals surface area contributed by atoms with Crippen molar-refractivity contribution in [3.63, 3.8) is 0 Å². The van der Waals surface area contributed by atoms with Crippen molar-refractivity contribution in [2.45, 2.75) is 199 Å². The van der Waals surface area contributed by atoms with Gasteiger partial charge < -0.3 is 33.2 Å². The van der Waals surface area contributed by atoms with Gasteiger partial charge in [0.25, 0.3) is 0 Å². The third-order valence-corrected chi connectivity index (χ3v) is 14.7. The van der Waals surface area contributed by atoms with Gasteiger partial charge in [-0.1, -0.05) is 167 Å². The molecule has 1 aliphatic rings. The van der Waals surface area contributed by atoms with E-state index in [0.717, 1.165) is 31.2 Å². The average molecular weight is 1100 g/mol.